The SMILES string of the molecule is CN(C)S(=O)(=O)c1cc(F)c(Cl)c(CNC2CC2)c1. The lowest BCUT2D eigenvalue weighted by Gasteiger charge is -2.14. The van der Waals surface area contributed by atoms with Crippen LogP contribution in [0.1, 0.15) is 18.4 Å². The molecule has 7 heteroatoms. The number of nitrogens with zero attached hydrogens (tertiary/aromatic N) is 1. The quantitative estimate of drug-likeness (QED) is 0.905. The third-order valence-electron chi connectivity index (χ3n) is 3.01. The molecule has 1 saturated carbocycles. The van der Waals surface area contributed by atoms with Gasteiger partial charge in [-0.25, -0.2) is 17.1 Å². The summed E-state index contributed by atoms with van der Waals surface area (Å²) in [6.45, 7) is 0.372. The van der Waals surface area contributed by atoms with E-state index in [9.17, 15) is 12.8 Å². The van der Waals surface area contributed by atoms with Gasteiger partial charge in [0.15, 0.2) is 0 Å². The molecule has 0 atom stereocenters. The normalized spacial score (nSPS) is 16.1. The van der Waals surface area contributed by atoms with Gasteiger partial charge in [-0.3, -0.25) is 0 Å². The molecule has 19 heavy (non-hydrogen) atoms. The van der Waals surface area contributed by atoms with Gasteiger partial charge in [-0.15, -0.1) is 0 Å². The van der Waals surface area contributed by atoms with Gasteiger partial charge in [0.05, 0.1) is 9.92 Å². The second-order valence-corrected chi connectivity index (χ2v) is 7.35. The molecule has 1 fully saturated rings. The van der Waals surface area contributed by atoms with Crippen molar-refractivity contribution in [3.05, 3.63) is 28.5 Å². The van der Waals surface area contributed by atoms with E-state index in [-0.39, 0.29) is 9.92 Å². The molecular weight excluding hydrogens is 291 g/mol. The Morgan fingerprint density at radius 3 is 2.58 bits per heavy atom. The fraction of sp³-hybridized carbons (Fsp3) is 0.500. The second-order valence-electron chi connectivity index (χ2n) is 4.82. The molecule has 0 spiro atoms. The van der Waals surface area contributed by atoms with Crippen LogP contribution >= 0.6 is 11.6 Å². The van der Waals surface area contributed by atoms with Gasteiger partial charge in [0, 0.05) is 26.7 Å². The highest BCUT2D eigenvalue weighted by atomic mass is 35.5. The molecule has 0 unspecified atom stereocenters. The number of nitrogens with one attached hydrogen (secondary N) is 1. The van der Waals surface area contributed by atoms with E-state index < -0.39 is 15.8 Å². The molecule has 1 aromatic carbocycles. The van der Waals surface area contributed by atoms with Crippen LogP contribution in [0.3, 0.4) is 0 Å². The van der Waals surface area contributed by atoms with Crippen LogP contribution < -0.4 is 5.32 Å². The highest BCUT2D eigenvalue weighted by Crippen LogP contribution is 2.27. The zero-order chi connectivity index (χ0) is 14.2. The van der Waals surface area contributed by atoms with Crippen molar-refractivity contribution in [1.82, 2.24) is 9.62 Å². The number of hydrogen-bond donors (Lipinski definition) is 1. The van der Waals surface area contributed by atoms with E-state index >= 15 is 0 Å². The van der Waals surface area contributed by atoms with E-state index in [1.54, 1.807) is 0 Å². The van der Waals surface area contributed by atoms with Crippen LogP contribution in [-0.2, 0) is 16.6 Å². The molecule has 1 aliphatic rings. The fourth-order valence-electron chi connectivity index (χ4n) is 1.65. The van der Waals surface area contributed by atoms with Gasteiger partial charge in [-0.2, -0.15) is 0 Å². The molecule has 2 rings (SSSR count). The van der Waals surface area contributed by atoms with Crippen molar-refractivity contribution in [3.8, 4) is 0 Å². The Balaban J connectivity index is 2.35. The van der Waals surface area contributed by atoms with E-state index in [1.165, 1.54) is 20.2 Å². The summed E-state index contributed by atoms with van der Waals surface area (Å²) in [4.78, 5) is -0.0769. The molecule has 0 saturated heterocycles. The zero-order valence-corrected chi connectivity index (χ0v) is 12.4. The molecule has 0 aromatic heterocycles. The summed E-state index contributed by atoms with van der Waals surface area (Å²) in [6, 6.07) is 2.82. The third kappa shape index (κ3) is 3.25. The summed E-state index contributed by atoms with van der Waals surface area (Å²) in [5.41, 5.74) is 0.467. The van der Waals surface area contributed by atoms with Gasteiger partial charge in [0.2, 0.25) is 10.0 Å². The van der Waals surface area contributed by atoms with Crippen LogP contribution in [0.5, 0.6) is 0 Å². The molecule has 0 aliphatic heterocycles. The minimum absolute atomic E-state index is 0.0224. The van der Waals surface area contributed by atoms with Crippen LogP contribution in [0.2, 0.25) is 5.02 Å². The first-order valence-corrected chi connectivity index (χ1v) is 7.78. The summed E-state index contributed by atoms with van der Waals surface area (Å²) in [6.07, 6.45) is 2.19. The number of halogens is 2. The first-order chi connectivity index (χ1) is 8.82. The van der Waals surface area contributed by atoms with Gasteiger partial charge in [0.1, 0.15) is 5.82 Å². The third-order valence-corrected chi connectivity index (χ3v) is 5.23. The van der Waals surface area contributed by atoms with Gasteiger partial charge >= 0.3 is 0 Å². The van der Waals surface area contributed by atoms with Gasteiger partial charge < -0.3 is 5.32 Å². The fourth-order valence-corrected chi connectivity index (χ4v) is 2.79. The van der Waals surface area contributed by atoms with Crippen molar-refractivity contribution in [3.63, 3.8) is 0 Å². The summed E-state index contributed by atoms with van der Waals surface area (Å²) >= 11 is 5.88. The maximum atomic E-state index is 13.7. The first kappa shape index (κ1) is 14.7. The van der Waals surface area contributed by atoms with Crippen LogP contribution in [0, 0.1) is 5.82 Å². The molecule has 0 heterocycles. The highest BCUT2D eigenvalue weighted by molar-refractivity contribution is 7.89. The molecule has 0 radical (unpaired) electrons. The average Bonchev–Trinajstić information content (AvgIpc) is 3.14. The van der Waals surface area contributed by atoms with Crippen molar-refractivity contribution in [2.24, 2.45) is 0 Å². The molecule has 0 amide bonds. The lowest BCUT2D eigenvalue weighted by molar-refractivity contribution is 0.518. The van der Waals surface area contributed by atoms with E-state index in [2.05, 4.69) is 5.32 Å². The minimum Gasteiger partial charge on any atom is -0.310 e. The Bertz CT molecular complexity index is 586. The van der Waals surface area contributed by atoms with E-state index in [4.69, 9.17) is 11.6 Å². The highest BCUT2D eigenvalue weighted by Gasteiger charge is 2.23. The molecule has 1 N–H and O–H groups in total. The number of rotatable bonds is 5. The average molecular weight is 307 g/mol. The van der Waals surface area contributed by atoms with E-state index in [0.29, 0.717) is 18.2 Å². The minimum atomic E-state index is -3.65. The Morgan fingerprint density at radius 1 is 1.42 bits per heavy atom. The smallest absolute Gasteiger partial charge is 0.242 e. The summed E-state index contributed by atoms with van der Waals surface area (Å²) < 4.78 is 38.8. The molecule has 4 nitrogen and oxygen atoms in total. The maximum Gasteiger partial charge on any atom is 0.242 e. The Kier molecular flexibility index (Phi) is 4.15. The lowest BCUT2D eigenvalue weighted by atomic mass is 10.2. The van der Waals surface area contributed by atoms with Crippen LogP contribution in [-0.4, -0.2) is 32.9 Å². The van der Waals surface area contributed by atoms with Gasteiger partial charge in [0.25, 0.3) is 0 Å². The predicted octanol–water partition coefficient (Wildman–Crippen LogP) is 1.98. The van der Waals surface area contributed by atoms with Crippen molar-refractivity contribution < 1.29 is 12.8 Å². The van der Waals surface area contributed by atoms with E-state index in [0.717, 1.165) is 23.2 Å². The van der Waals surface area contributed by atoms with Crippen LogP contribution in [0.15, 0.2) is 17.0 Å². The Labute approximate surface area is 117 Å². The standard InChI is InChI=1S/C12H16ClFN2O2S/c1-16(2)19(17,18)10-5-8(7-15-9-3-4-9)12(13)11(14)6-10/h5-6,9,15H,3-4,7H2,1-2H3. The molecule has 1 aliphatic carbocycles. The molecule has 1 aromatic rings. The number of benzene rings is 1. The molecule has 106 valence electrons. The lowest BCUT2D eigenvalue weighted by Crippen LogP contribution is -2.23. The monoisotopic (exact) mass is 306 g/mol. The zero-order valence-electron chi connectivity index (χ0n) is 10.8. The summed E-state index contributed by atoms with van der Waals surface area (Å²) in [5, 5.41) is 3.17. The maximum absolute atomic E-state index is 13.7. The largest absolute Gasteiger partial charge is 0.310 e. The van der Waals surface area contributed by atoms with E-state index in [1.807, 2.05) is 0 Å². The van der Waals surface area contributed by atoms with Crippen molar-refractivity contribution in [1.29, 1.82) is 0 Å². The van der Waals surface area contributed by atoms with Crippen LogP contribution in [0.25, 0.3) is 0 Å². The summed E-state index contributed by atoms with van der Waals surface area (Å²) in [7, 11) is -0.841. The number of hydrogen-bond acceptors (Lipinski definition) is 3. The number of sulfonamides is 1. The predicted molar refractivity (Wildman–Crippen MR) is 72.1 cm³/mol. The van der Waals surface area contributed by atoms with Crippen molar-refractivity contribution in [2.75, 3.05) is 14.1 Å². The topological polar surface area (TPSA) is 49.4 Å². The van der Waals surface area contributed by atoms with Crippen LogP contribution in [0.4, 0.5) is 4.39 Å². The van der Waals surface area contributed by atoms with Gasteiger partial charge in [-0.05, 0) is 30.5 Å². The summed E-state index contributed by atoms with van der Waals surface area (Å²) in [5.74, 6) is -0.711. The van der Waals surface area contributed by atoms with Gasteiger partial charge in [-0.1, -0.05) is 11.6 Å². The van der Waals surface area contributed by atoms with Crippen molar-refractivity contribution in [2.45, 2.75) is 30.3 Å². The first-order valence-electron chi connectivity index (χ1n) is 5.96. The molecule has 0 bridgehead atoms. The van der Waals surface area contributed by atoms with Crippen molar-refractivity contribution >= 4 is 21.6 Å². The Morgan fingerprint density at radius 2 is 2.05 bits per heavy atom. The Hall–Kier alpha value is -0.690. The molecular formula is C12H16ClFN2O2S. The second kappa shape index (κ2) is 5.36.